The van der Waals surface area contributed by atoms with Crippen LogP contribution in [0.25, 0.3) is 0 Å². The van der Waals surface area contributed by atoms with E-state index in [0.717, 1.165) is 6.42 Å². The van der Waals surface area contributed by atoms with Crippen LogP contribution in [0.15, 0.2) is 12.4 Å². The van der Waals surface area contributed by atoms with Crippen molar-refractivity contribution in [3.05, 3.63) is 12.4 Å². The number of hydrogen-bond donors (Lipinski definition) is 0. The third kappa shape index (κ3) is 11.1. The summed E-state index contributed by atoms with van der Waals surface area (Å²) in [5, 5.41) is 0. The minimum Gasteiger partial charge on any atom is -0.212 e. The van der Waals surface area contributed by atoms with E-state index in [1.807, 2.05) is 13.8 Å². The number of hydrogen-bond acceptors (Lipinski definition) is 0. The molecule has 0 bridgehead atoms. The maximum absolute atomic E-state index is 13.9. The first kappa shape index (κ1) is 24.7. The van der Waals surface area contributed by atoms with Crippen molar-refractivity contribution in [2.75, 3.05) is 0 Å². The molecule has 0 aromatic heterocycles. The maximum Gasteiger partial charge on any atom is 0.0984 e. The fourth-order valence-electron chi connectivity index (χ4n) is 4.29. The molecule has 0 radical (unpaired) electrons. The van der Waals surface area contributed by atoms with Gasteiger partial charge in [-0.15, -0.1) is 0 Å². The van der Waals surface area contributed by atoms with Crippen LogP contribution < -0.4 is 0 Å². The van der Waals surface area contributed by atoms with E-state index in [9.17, 15) is 4.39 Å². The van der Waals surface area contributed by atoms with E-state index in [1.165, 1.54) is 77.0 Å². The summed E-state index contributed by atoms with van der Waals surface area (Å²) in [5.74, 6) is 0.541. The summed E-state index contributed by atoms with van der Waals surface area (Å²) in [6.07, 6.45) is 16.9. The fraction of sp³-hybridized carbons (Fsp3) is 0.917. The Hall–Kier alpha value is -0.330. The van der Waals surface area contributed by atoms with Crippen molar-refractivity contribution in [1.82, 2.24) is 0 Å². The van der Waals surface area contributed by atoms with Crippen LogP contribution in [0.3, 0.4) is 0 Å². The van der Waals surface area contributed by atoms with Crippen molar-refractivity contribution in [3.8, 4) is 0 Å². The topological polar surface area (TPSA) is 0 Å². The van der Waals surface area contributed by atoms with Gasteiger partial charge >= 0.3 is 0 Å². The molecular formula is C24H47F. The Kier molecular flexibility index (Phi) is 12.8. The van der Waals surface area contributed by atoms with Crippen LogP contribution in [-0.2, 0) is 0 Å². The lowest BCUT2D eigenvalue weighted by atomic mass is 9.65. The van der Waals surface area contributed by atoms with Crippen LogP contribution in [0.4, 0.5) is 4.39 Å². The van der Waals surface area contributed by atoms with Crippen molar-refractivity contribution in [2.45, 2.75) is 125 Å². The highest BCUT2D eigenvalue weighted by Crippen LogP contribution is 2.46. The highest BCUT2D eigenvalue weighted by atomic mass is 19.1. The van der Waals surface area contributed by atoms with Crippen molar-refractivity contribution in [2.24, 2.45) is 16.7 Å². The molecule has 0 spiro atoms. The summed E-state index contributed by atoms with van der Waals surface area (Å²) >= 11 is 0. The third-order valence-electron chi connectivity index (χ3n) is 6.05. The lowest BCUT2D eigenvalue weighted by molar-refractivity contribution is 0.108. The molecule has 0 amide bonds. The van der Waals surface area contributed by atoms with Gasteiger partial charge in [0.25, 0.3) is 0 Å². The van der Waals surface area contributed by atoms with Gasteiger partial charge in [-0.05, 0) is 30.6 Å². The zero-order chi connectivity index (χ0) is 19.3. The van der Waals surface area contributed by atoms with Crippen LogP contribution in [0.1, 0.15) is 125 Å². The molecule has 25 heavy (non-hydrogen) atoms. The molecule has 0 heterocycles. The van der Waals surface area contributed by atoms with Gasteiger partial charge < -0.3 is 0 Å². The van der Waals surface area contributed by atoms with Crippen LogP contribution in [-0.4, -0.2) is 0 Å². The average molecular weight is 355 g/mol. The van der Waals surface area contributed by atoms with Gasteiger partial charge in [0.1, 0.15) is 0 Å². The normalized spacial score (nSPS) is 12.8. The molecule has 0 aliphatic heterocycles. The van der Waals surface area contributed by atoms with Gasteiger partial charge in [-0.1, -0.05) is 112 Å². The molecule has 0 aromatic rings. The number of rotatable bonds is 16. The van der Waals surface area contributed by atoms with Crippen molar-refractivity contribution < 1.29 is 4.39 Å². The van der Waals surface area contributed by atoms with Gasteiger partial charge in [0.15, 0.2) is 0 Å². The first-order valence-electron chi connectivity index (χ1n) is 11.0. The molecular weight excluding hydrogens is 307 g/mol. The van der Waals surface area contributed by atoms with Crippen LogP contribution in [0.5, 0.6) is 0 Å². The van der Waals surface area contributed by atoms with E-state index in [1.54, 1.807) is 0 Å². The number of allylic oxidation sites excluding steroid dienone is 1. The zero-order valence-electron chi connectivity index (χ0n) is 18.4. The molecule has 0 aliphatic carbocycles. The second-order valence-corrected chi connectivity index (χ2v) is 9.56. The minimum atomic E-state index is -0.411. The molecule has 0 saturated heterocycles. The van der Waals surface area contributed by atoms with E-state index < -0.39 is 5.41 Å². The van der Waals surface area contributed by atoms with Crippen LogP contribution in [0, 0.1) is 16.7 Å². The lowest BCUT2D eigenvalue weighted by Crippen LogP contribution is -2.31. The second kappa shape index (κ2) is 12.9. The Morgan fingerprint density at radius 1 is 0.760 bits per heavy atom. The SMILES string of the molecule is C=C(F)C(C)(C)CC(C)(C)C(CCCCCCC)CCCCCCC. The zero-order valence-corrected chi connectivity index (χ0v) is 18.4. The Labute approximate surface area is 159 Å². The standard InChI is InChI=1S/C24H47F/c1-8-10-12-14-16-18-22(19-17-15-13-11-9-2)24(6,7)20-23(4,5)21(3)25/h22H,3,8-20H2,1-2,4-7H3. The van der Waals surface area contributed by atoms with Gasteiger partial charge in [-0.3, -0.25) is 0 Å². The summed E-state index contributed by atoms with van der Waals surface area (Å²) in [6.45, 7) is 16.9. The van der Waals surface area contributed by atoms with Gasteiger partial charge in [-0.25, -0.2) is 4.39 Å². The van der Waals surface area contributed by atoms with Gasteiger partial charge in [-0.2, -0.15) is 0 Å². The van der Waals surface area contributed by atoms with Gasteiger partial charge in [0.05, 0.1) is 5.83 Å². The molecule has 0 atom stereocenters. The molecule has 150 valence electrons. The van der Waals surface area contributed by atoms with Crippen molar-refractivity contribution in [1.29, 1.82) is 0 Å². The summed E-state index contributed by atoms with van der Waals surface area (Å²) < 4.78 is 13.9. The molecule has 0 saturated carbocycles. The van der Waals surface area contributed by atoms with E-state index in [2.05, 4.69) is 34.3 Å². The third-order valence-corrected chi connectivity index (χ3v) is 6.05. The Bertz CT molecular complexity index is 326. The largest absolute Gasteiger partial charge is 0.212 e. The highest BCUT2D eigenvalue weighted by molar-refractivity contribution is 5.00. The highest BCUT2D eigenvalue weighted by Gasteiger charge is 2.36. The maximum atomic E-state index is 13.9. The second-order valence-electron chi connectivity index (χ2n) is 9.56. The molecule has 0 fully saturated rings. The van der Waals surface area contributed by atoms with Crippen LogP contribution >= 0.6 is 0 Å². The minimum absolute atomic E-state index is 0.162. The molecule has 0 aromatic carbocycles. The van der Waals surface area contributed by atoms with E-state index in [-0.39, 0.29) is 11.2 Å². The molecule has 0 rings (SSSR count). The fourth-order valence-corrected chi connectivity index (χ4v) is 4.29. The molecule has 0 unspecified atom stereocenters. The Morgan fingerprint density at radius 3 is 1.52 bits per heavy atom. The lowest BCUT2D eigenvalue weighted by Gasteiger charge is -2.40. The molecule has 0 N–H and O–H groups in total. The van der Waals surface area contributed by atoms with E-state index in [0.29, 0.717) is 5.92 Å². The summed E-state index contributed by atoms with van der Waals surface area (Å²) in [5.41, 5.74) is -0.236. The van der Waals surface area contributed by atoms with Gasteiger partial charge in [0.2, 0.25) is 0 Å². The van der Waals surface area contributed by atoms with E-state index >= 15 is 0 Å². The average Bonchev–Trinajstić information content (AvgIpc) is 2.51. The Morgan fingerprint density at radius 2 is 1.16 bits per heavy atom. The molecule has 0 nitrogen and oxygen atoms in total. The molecule has 0 aliphatic rings. The first-order valence-corrected chi connectivity index (χ1v) is 11.0. The monoisotopic (exact) mass is 354 g/mol. The summed E-state index contributed by atoms with van der Waals surface area (Å²) in [6, 6.07) is 0. The summed E-state index contributed by atoms with van der Waals surface area (Å²) in [4.78, 5) is 0. The van der Waals surface area contributed by atoms with Crippen molar-refractivity contribution in [3.63, 3.8) is 0 Å². The predicted molar refractivity (Wildman–Crippen MR) is 113 cm³/mol. The Balaban J connectivity index is 4.67. The van der Waals surface area contributed by atoms with E-state index in [4.69, 9.17) is 0 Å². The number of unbranched alkanes of at least 4 members (excludes halogenated alkanes) is 8. The smallest absolute Gasteiger partial charge is 0.0984 e. The predicted octanol–water partition coefficient (Wildman–Crippen LogP) is 9.25. The first-order chi connectivity index (χ1) is 11.7. The molecule has 1 heteroatoms. The van der Waals surface area contributed by atoms with Crippen molar-refractivity contribution >= 4 is 0 Å². The van der Waals surface area contributed by atoms with Gasteiger partial charge in [0, 0.05) is 5.41 Å². The van der Waals surface area contributed by atoms with Crippen LogP contribution in [0.2, 0.25) is 0 Å². The quantitative estimate of drug-likeness (QED) is 0.242. The summed E-state index contributed by atoms with van der Waals surface area (Å²) in [7, 11) is 0. The number of halogens is 1.